The van der Waals surface area contributed by atoms with Crippen molar-refractivity contribution < 1.29 is 63.7 Å². The van der Waals surface area contributed by atoms with Gasteiger partial charge in [0.25, 0.3) is 0 Å². The number of nitrogens with zero attached hydrogens (tertiary/aromatic N) is 1. The molecule has 4 fully saturated rings. The number of pyridine rings is 1. The number of benzene rings is 4. The van der Waals surface area contributed by atoms with Crippen molar-refractivity contribution in [3.63, 3.8) is 0 Å². The summed E-state index contributed by atoms with van der Waals surface area (Å²) >= 11 is 0. The third-order valence-corrected chi connectivity index (χ3v) is 12.4. The van der Waals surface area contributed by atoms with E-state index >= 15 is 0 Å². The molecule has 0 N–H and O–H groups in total. The van der Waals surface area contributed by atoms with Crippen molar-refractivity contribution in [2.45, 2.75) is 38.4 Å². The zero-order valence-electron chi connectivity index (χ0n) is 32.1. The first-order valence-electron chi connectivity index (χ1n) is 19.7. The minimum absolute atomic E-state index is 0.0689. The number of para-hydroxylation sites is 4. The standard InChI is InChI=1S/C43H39NO14P2/c1-6-26(24-53-59-55-36-28(8-2-12-32(36)40-45-16-17-46-40)29-9-3-13-33(37(29)56-59)41-47-18-19-48-41)44-27(7-1)25-54-60-57-38-30(10-4-14-34(38)42-49-20-21-50-42)31-11-5-15-35(39(31)58-60)43-51-22-23-52-43/h1-15,40-43H,16-25H2. The van der Waals surface area contributed by atoms with Crippen LogP contribution in [0.4, 0.5) is 0 Å². The molecule has 0 bridgehead atoms. The minimum atomic E-state index is -2.02. The van der Waals surface area contributed by atoms with Gasteiger partial charge in [0.15, 0.2) is 47.5 Å². The Morgan fingerprint density at radius 2 is 0.650 bits per heavy atom. The third kappa shape index (κ3) is 7.55. The second-order valence-corrected chi connectivity index (χ2v) is 16.3. The van der Waals surface area contributed by atoms with Gasteiger partial charge in [0.05, 0.1) is 86.5 Å². The van der Waals surface area contributed by atoms with Crippen LogP contribution in [0.15, 0.2) is 108 Å². The highest BCUT2D eigenvalue weighted by Crippen LogP contribution is 2.43. The molecule has 3 aromatic heterocycles. The van der Waals surface area contributed by atoms with Crippen molar-refractivity contribution in [3.8, 4) is 0 Å². The molecule has 0 unspecified atom stereocenters. The van der Waals surface area contributed by atoms with Crippen LogP contribution in [-0.4, -0.2) is 57.8 Å². The normalized spacial score (nSPS) is 18.3. The van der Waals surface area contributed by atoms with Gasteiger partial charge in [-0.15, -0.1) is 0 Å². The summed E-state index contributed by atoms with van der Waals surface area (Å²) in [7, 11) is -4.04. The van der Waals surface area contributed by atoms with Crippen LogP contribution in [0.25, 0.3) is 43.9 Å². The Morgan fingerprint density at radius 3 is 0.933 bits per heavy atom. The highest BCUT2D eigenvalue weighted by atomic mass is 31.1. The first-order chi connectivity index (χ1) is 29.7. The van der Waals surface area contributed by atoms with Gasteiger partial charge >= 0.3 is 16.5 Å². The van der Waals surface area contributed by atoms with E-state index in [1.807, 2.05) is 91.0 Å². The topological polar surface area (TPSA) is 158 Å². The molecular weight excluding hydrogens is 816 g/mol. The molecule has 15 nitrogen and oxygen atoms in total. The number of hydrogen-bond donors (Lipinski definition) is 0. The number of rotatable bonds is 10. The predicted molar refractivity (Wildman–Crippen MR) is 216 cm³/mol. The van der Waals surface area contributed by atoms with Gasteiger partial charge in [-0.25, -0.2) is 0 Å². The Bertz CT molecular complexity index is 2410. The summed E-state index contributed by atoms with van der Waals surface area (Å²) in [6, 6.07) is 29.1. The fourth-order valence-corrected chi connectivity index (χ4v) is 9.91. The highest BCUT2D eigenvalue weighted by Gasteiger charge is 2.28. The van der Waals surface area contributed by atoms with Crippen LogP contribution in [0.2, 0.25) is 0 Å². The monoisotopic (exact) mass is 855 g/mol. The molecule has 4 aromatic carbocycles. The van der Waals surface area contributed by atoms with Crippen LogP contribution < -0.4 is 9.05 Å². The van der Waals surface area contributed by atoms with E-state index in [1.54, 1.807) is 0 Å². The number of aromatic nitrogens is 1. The van der Waals surface area contributed by atoms with E-state index < -0.39 is 41.6 Å². The molecule has 4 saturated heterocycles. The van der Waals surface area contributed by atoms with E-state index in [9.17, 15) is 0 Å². The fourth-order valence-electron chi connectivity index (χ4n) is 7.74. The first-order valence-corrected chi connectivity index (χ1v) is 21.9. The Balaban J connectivity index is 0.927. The van der Waals surface area contributed by atoms with Crippen molar-refractivity contribution in [2.24, 2.45) is 0 Å². The maximum atomic E-state index is 6.60. The summed E-state index contributed by atoms with van der Waals surface area (Å²) in [6.07, 6.45) is -2.34. The Morgan fingerprint density at radius 1 is 0.383 bits per heavy atom. The number of fused-ring (bicyclic) bond motifs is 6. The Labute approximate surface area is 344 Å². The average Bonchev–Trinajstić information content (AvgIpc) is 4.14. The van der Waals surface area contributed by atoms with E-state index in [0.29, 0.717) is 86.6 Å². The molecule has 7 aromatic rings. The quantitative estimate of drug-likeness (QED) is 0.128. The van der Waals surface area contributed by atoms with E-state index in [0.717, 1.165) is 43.8 Å². The molecule has 0 radical (unpaired) electrons. The molecule has 0 atom stereocenters. The lowest BCUT2D eigenvalue weighted by Crippen LogP contribution is -2.02. The average molecular weight is 856 g/mol. The van der Waals surface area contributed by atoms with Crippen LogP contribution >= 0.6 is 16.5 Å². The fraction of sp³-hybridized carbons (Fsp3) is 0.326. The zero-order chi connectivity index (χ0) is 39.8. The van der Waals surface area contributed by atoms with E-state index in [1.165, 1.54) is 0 Å². The van der Waals surface area contributed by atoms with E-state index in [2.05, 4.69) is 0 Å². The Hall–Kier alpha value is -4.57. The largest absolute Gasteiger partial charge is 0.398 e. The first kappa shape index (κ1) is 38.4. The molecule has 0 spiro atoms. The smallest absolute Gasteiger partial charge is 0.387 e. The van der Waals surface area contributed by atoms with Gasteiger partial charge in [-0.3, -0.25) is 14.0 Å². The summed E-state index contributed by atoms with van der Waals surface area (Å²) in [6.45, 7) is 4.00. The third-order valence-electron chi connectivity index (χ3n) is 10.4. The van der Waals surface area contributed by atoms with E-state index in [-0.39, 0.29) is 13.2 Å². The van der Waals surface area contributed by atoms with Gasteiger partial charge in [-0.1, -0.05) is 78.9 Å². The summed E-state index contributed by atoms with van der Waals surface area (Å²) < 4.78 is 86.5. The lowest BCUT2D eigenvalue weighted by molar-refractivity contribution is -0.0438. The van der Waals surface area contributed by atoms with Gasteiger partial charge in [-0.05, 0) is 12.1 Å². The van der Waals surface area contributed by atoms with Crippen molar-refractivity contribution >= 4 is 60.4 Å². The van der Waals surface area contributed by atoms with Crippen molar-refractivity contribution in [3.05, 3.63) is 125 Å². The lowest BCUT2D eigenvalue weighted by atomic mass is 10.0. The van der Waals surface area contributed by atoms with Gasteiger partial charge in [-0.2, -0.15) is 0 Å². The minimum Gasteiger partial charge on any atom is -0.398 e. The molecule has 0 aliphatic carbocycles. The van der Waals surface area contributed by atoms with Crippen LogP contribution in [-0.2, 0) is 51.1 Å². The second kappa shape index (κ2) is 17.1. The maximum absolute atomic E-state index is 6.60. The molecule has 0 saturated carbocycles. The summed E-state index contributed by atoms with van der Waals surface area (Å²) in [5, 5.41) is 3.25. The number of hydrogen-bond acceptors (Lipinski definition) is 15. The molecular formula is C43H39NO14P2. The van der Waals surface area contributed by atoms with Crippen molar-refractivity contribution in [1.29, 1.82) is 0 Å². The highest BCUT2D eigenvalue weighted by molar-refractivity contribution is 7.32. The van der Waals surface area contributed by atoms with Crippen LogP contribution in [0.5, 0.6) is 0 Å². The second-order valence-electron chi connectivity index (χ2n) is 14.2. The van der Waals surface area contributed by atoms with Gasteiger partial charge in [0.2, 0.25) is 0 Å². The van der Waals surface area contributed by atoms with Crippen LogP contribution in [0.1, 0.15) is 58.8 Å². The molecule has 11 rings (SSSR count). The van der Waals surface area contributed by atoms with Crippen molar-refractivity contribution in [2.75, 3.05) is 52.9 Å². The summed E-state index contributed by atoms with van der Waals surface area (Å²) in [5.74, 6) is 0. The molecule has 4 aliphatic rings. The van der Waals surface area contributed by atoms with Crippen LogP contribution in [0.3, 0.4) is 0 Å². The molecule has 0 amide bonds. The molecule has 310 valence electrons. The SMILES string of the molecule is c1cc(COp2oc3c(C4OCCO4)cccc3c3cccc(C4OCCO4)c3o2)nc(COp2oc3c(C4OCCO4)cccc3c3cccc(C4OCCO4)c3o2)c1. The van der Waals surface area contributed by atoms with Gasteiger partial charge in [0, 0.05) is 21.5 Å². The lowest BCUT2D eigenvalue weighted by Gasteiger charge is -2.11. The maximum Gasteiger partial charge on any atom is 0.387 e. The Kier molecular flexibility index (Phi) is 10.9. The summed E-state index contributed by atoms with van der Waals surface area (Å²) in [4.78, 5) is 4.88. The molecule has 17 heteroatoms. The van der Waals surface area contributed by atoms with E-state index in [4.69, 9.17) is 68.7 Å². The van der Waals surface area contributed by atoms with Gasteiger partial charge < -0.3 is 54.7 Å². The molecule has 60 heavy (non-hydrogen) atoms. The predicted octanol–water partition coefficient (Wildman–Crippen LogP) is 9.73. The van der Waals surface area contributed by atoms with Crippen LogP contribution in [0, 0.1) is 0 Å². The van der Waals surface area contributed by atoms with Gasteiger partial charge in [0.1, 0.15) is 13.2 Å². The molecule has 7 heterocycles. The summed E-state index contributed by atoms with van der Waals surface area (Å²) in [5.41, 5.74) is 6.49. The molecule has 4 aliphatic heterocycles. The zero-order valence-corrected chi connectivity index (χ0v) is 33.9. The number of ether oxygens (including phenoxy) is 8. The van der Waals surface area contributed by atoms with Crippen molar-refractivity contribution in [1.82, 2.24) is 4.98 Å².